The molecule has 4 aromatic rings. The highest BCUT2D eigenvalue weighted by atomic mass is 79.9. The molecular weight excluding hydrogens is 768 g/mol. The lowest BCUT2D eigenvalue weighted by Gasteiger charge is -2.23. The van der Waals surface area contributed by atoms with E-state index in [2.05, 4.69) is 95.9 Å². The minimum Gasteiger partial charge on any atom is -1.00 e. The Kier molecular flexibility index (Phi) is 13.2. The minimum atomic E-state index is -0.948. The van der Waals surface area contributed by atoms with Gasteiger partial charge in [0.15, 0.2) is 17.5 Å². The summed E-state index contributed by atoms with van der Waals surface area (Å²) in [6.07, 6.45) is 0. The number of aliphatic hydroxyl groups is 1. The zero-order chi connectivity index (χ0) is 32.3. The fourth-order valence-corrected chi connectivity index (χ4v) is 7.99. The van der Waals surface area contributed by atoms with E-state index in [1.165, 1.54) is 21.9 Å². The SMILES string of the molecule is Br.Cc1ccc(C(=O)CN(C2=NCCS2)c2cccc(C)c2)cc1.Cc1ccc(C2(O)CN(c3cccc(C)c3)C3=[N+]2CCS3)cc1.[Br-]. The molecule has 1 unspecified atom stereocenters. The van der Waals surface area contributed by atoms with Gasteiger partial charge in [-0.1, -0.05) is 95.7 Å². The van der Waals surface area contributed by atoms with Gasteiger partial charge < -0.3 is 27.0 Å². The van der Waals surface area contributed by atoms with Crippen molar-refractivity contribution in [3.8, 4) is 0 Å². The van der Waals surface area contributed by atoms with Crippen LogP contribution in [0.25, 0.3) is 0 Å². The molecule has 3 aliphatic heterocycles. The molecule has 4 aromatic carbocycles. The third-order valence-electron chi connectivity index (χ3n) is 8.45. The molecule has 6 nitrogen and oxygen atoms in total. The summed E-state index contributed by atoms with van der Waals surface area (Å²) >= 11 is 3.54. The fraction of sp³-hybridized carbons (Fsp3) is 0.289. The van der Waals surface area contributed by atoms with Gasteiger partial charge in [-0.05, 0) is 74.8 Å². The maximum Gasteiger partial charge on any atom is 0.316 e. The van der Waals surface area contributed by atoms with Crippen LogP contribution in [-0.4, -0.2) is 63.5 Å². The summed E-state index contributed by atoms with van der Waals surface area (Å²) in [6, 6.07) is 32.7. The molecule has 0 amide bonds. The van der Waals surface area contributed by atoms with E-state index < -0.39 is 5.72 Å². The number of ketones is 1. The van der Waals surface area contributed by atoms with Crippen molar-refractivity contribution in [3.63, 3.8) is 0 Å². The number of rotatable bonds is 6. The number of nitrogens with zero attached hydrogens (tertiary/aromatic N) is 4. The number of amidine groups is 2. The number of β-amino-alcohol motifs (C(OH)–C–C–N with tert-alkyl or cyclic N) is 1. The van der Waals surface area contributed by atoms with Crippen molar-refractivity contribution in [1.82, 2.24) is 0 Å². The Hall–Kier alpha value is -2.89. The largest absolute Gasteiger partial charge is 1.00 e. The van der Waals surface area contributed by atoms with Crippen LogP contribution in [0.15, 0.2) is 102 Å². The molecule has 7 rings (SSSR count). The second-order valence-electron chi connectivity index (χ2n) is 12.1. The smallest absolute Gasteiger partial charge is 0.316 e. The molecule has 0 bridgehead atoms. The summed E-state index contributed by atoms with van der Waals surface area (Å²) in [5.74, 6) is 2.11. The molecule has 0 aromatic heterocycles. The summed E-state index contributed by atoms with van der Waals surface area (Å²) in [5.41, 5.74) is 7.74. The van der Waals surface area contributed by atoms with Gasteiger partial charge in [-0.25, -0.2) is 9.48 Å². The zero-order valence-electron chi connectivity index (χ0n) is 27.7. The number of carbonyl (C=O) groups excluding carboxylic acids is 1. The number of Topliss-reactive ketones (excluding diaryl/α,β-unsaturated/α-hetero) is 1. The number of carbonyl (C=O) groups is 1. The molecule has 1 N–H and O–H groups in total. The van der Waals surface area contributed by atoms with Crippen molar-refractivity contribution in [2.45, 2.75) is 33.4 Å². The molecule has 1 atom stereocenters. The molecule has 3 aliphatic rings. The van der Waals surface area contributed by atoms with Gasteiger partial charge in [0.2, 0.25) is 0 Å². The molecule has 48 heavy (non-hydrogen) atoms. The van der Waals surface area contributed by atoms with Crippen LogP contribution in [0, 0.1) is 27.7 Å². The van der Waals surface area contributed by atoms with E-state index in [4.69, 9.17) is 0 Å². The Bertz CT molecular complexity index is 1800. The van der Waals surface area contributed by atoms with Crippen LogP contribution in [0.5, 0.6) is 0 Å². The Morgan fingerprint density at radius 2 is 1.50 bits per heavy atom. The van der Waals surface area contributed by atoms with Gasteiger partial charge in [-0.3, -0.25) is 9.79 Å². The lowest BCUT2D eigenvalue weighted by Crippen LogP contribution is -3.00. The van der Waals surface area contributed by atoms with Crippen molar-refractivity contribution >= 4 is 68.0 Å². The molecule has 0 aliphatic carbocycles. The molecule has 0 saturated heterocycles. The number of benzene rings is 4. The van der Waals surface area contributed by atoms with Crippen molar-refractivity contribution < 1.29 is 31.5 Å². The van der Waals surface area contributed by atoms with Gasteiger partial charge in [0.05, 0.1) is 19.6 Å². The van der Waals surface area contributed by atoms with Crippen molar-refractivity contribution in [3.05, 3.63) is 130 Å². The standard InChI is InChI=1S/C19H21N2OS.C19H20N2OS.2BrH/c1-14-6-8-16(9-7-14)19(22)13-20(18-21(19)10-11-23-18)17-5-3-4-15(2)12-17;1-14-6-8-16(9-7-14)18(22)13-21(19-20-10-11-23-19)17-5-3-4-15(2)12-17;;/h3-9,12,22H,10-11,13H2,1-2H3;3-9,12H,10-11,13H2,1-2H3;2*1H/q+1;;;/p-1. The second kappa shape index (κ2) is 16.7. The Morgan fingerprint density at radius 3 is 2.12 bits per heavy atom. The van der Waals surface area contributed by atoms with Gasteiger partial charge in [0.25, 0.3) is 5.72 Å². The lowest BCUT2D eigenvalue weighted by atomic mass is 10.0. The number of anilines is 2. The van der Waals surface area contributed by atoms with Gasteiger partial charge in [0, 0.05) is 28.3 Å². The van der Waals surface area contributed by atoms with E-state index in [1.807, 2.05) is 60.0 Å². The summed E-state index contributed by atoms with van der Waals surface area (Å²) in [4.78, 5) is 21.5. The normalized spacial score (nSPS) is 17.9. The molecule has 0 fully saturated rings. The summed E-state index contributed by atoms with van der Waals surface area (Å²) in [5, 5.41) is 13.6. The average molecular weight is 811 g/mol. The highest BCUT2D eigenvalue weighted by molar-refractivity contribution is 8.93. The quantitative estimate of drug-likeness (QED) is 0.224. The highest BCUT2D eigenvalue weighted by Crippen LogP contribution is 2.38. The van der Waals surface area contributed by atoms with E-state index >= 15 is 0 Å². The first-order chi connectivity index (χ1) is 22.2. The number of thioether (sulfide) groups is 2. The van der Waals surface area contributed by atoms with Crippen LogP contribution in [-0.2, 0) is 5.72 Å². The van der Waals surface area contributed by atoms with Gasteiger partial charge in [-0.2, -0.15) is 0 Å². The third kappa shape index (κ3) is 8.45. The summed E-state index contributed by atoms with van der Waals surface area (Å²) < 4.78 is 2.16. The predicted molar refractivity (Wildman–Crippen MR) is 205 cm³/mol. The Labute approximate surface area is 313 Å². The van der Waals surface area contributed by atoms with E-state index in [1.54, 1.807) is 11.8 Å². The van der Waals surface area contributed by atoms with Gasteiger partial charge in [-0.15, -0.1) is 17.0 Å². The van der Waals surface area contributed by atoms with Crippen molar-refractivity contribution in [2.24, 2.45) is 4.99 Å². The maximum absolute atomic E-state index is 12.7. The number of halogens is 2. The Balaban J connectivity index is 0.000000208. The van der Waals surface area contributed by atoms with Crippen LogP contribution in [0.1, 0.15) is 38.2 Å². The summed E-state index contributed by atoms with van der Waals surface area (Å²) in [6.45, 7) is 10.9. The third-order valence-corrected chi connectivity index (χ3v) is 10.5. The van der Waals surface area contributed by atoms with E-state index in [0.717, 1.165) is 57.8 Å². The van der Waals surface area contributed by atoms with Crippen LogP contribution in [0.2, 0.25) is 0 Å². The molecule has 0 saturated carbocycles. The zero-order valence-corrected chi connectivity index (χ0v) is 32.7. The Morgan fingerprint density at radius 1 is 0.854 bits per heavy atom. The average Bonchev–Trinajstić information content (AvgIpc) is 3.81. The van der Waals surface area contributed by atoms with Crippen molar-refractivity contribution in [2.75, 3.05) is 47.5 Å². The highest BCUT2D eigenvalue weighted by Gasteiger charge is 2.54. The lowest BCUT2D eigenvalue weighted by molar-refractivity contribution is -0.650. The fourth-order valence-electron chi connectivity index (χ4n) is 5.93. The van der Waals surface area contributed by atoms with Gasteiger partial charge >= 0.3 is 5.17 Å². The second-order valence-corrected chi connectivity index (χ2v) is 14.2. The molecular formula is C38H42Br2N4O2S2. The van der Waals surface area contributed by atoms with Crippen molar-refractivity contribution in [1.29, 1.82) is 0 Å². The number of hydrogen-bond acceptors (Lipinski definition) is 7. The minimum absolute atomic E-state index is 0. The molecule has 0 radical (unpaired) electrons. The molecule has 3 heterocycles. The van der Waals surface area contributed by atoms with Crippen LogP contribution in [0.4, 0.5) is 11.4 Å². The molecule has 252 valence electrons. The first-order valence-corrected chi connectivity index (χ1v) is 17.7. The maximum atomic E-state index is 12.7. The number of hydrogen-bond donors (Lipinski definition) is 1. The van der Waals surface area contributed by atoms with Crippen LogP contribution >= 0.6 is 40.5 Å². The van der Waals surface area contributed by atoms with E-state index in [9.17, 15) is 9.90 Å². The monoisotopic (exact) mass is 808 g/mol. The number of aliphatic imine (C=N–C) groups is 1. The van der Waals surface area contributed by atoms with E-state index in [-0.39, 0.29) is 39.7 Å². The van der Waals surface area contributed by atoms with E-state index in [0.29, 0.717) is 13.1 Å². The first-order valence-electron chi connectivity index (χ1n) is 15.7. The molecule has 0 spiro atoms. The number of aryl methyl sites for hydroxylation is 4. The summed E-state index contributed by atoms with van der Waals surface area (Å²) in [7, 11) is 0. The molecule has 10 heteroatoms. The van der Waals surface area contributed by atoms with Crippen LogP contribution < -0.4 is 26.8 Å². The van der Waals surface area contributed by atoms with Crippen LogP contribution in [0.3, 0.4) is 0 Å². The topological polar surface area (TPSA) is 59.2 Å². The predicted octanol–water partition coefficient (Wildman–Crippen LogP) is 4.76. The first kappa shape index (κ1) is 37.9. The van der Waals surface area contributed by atoms with Gasteiger partial charge in [0.1, 0.15) is 5.69 Å².